The van der Waals surface area contributed by atoms with Crippen molar-refractivity contribution in [2.45, 2.75) is 0 Å². The molecular weight excluding hydrogens is 370 g/mol. The van der Waals surface area contributed by atoms with Crippen LogP contribution in [0.2, 0.25) is 0 Å². The van der Waals surface area contributed by atoms with Gasteiger partial charge in [-0.1, -0.05) is 36.4 Å². The SMILES string of the molecule is O=C1c2ccc(-c3cn[nH]n3)cc2C(=O)N1c1ccc(-c2ccccc2)[nH]c1=O. The molecule has 0 radical (unpaired) electrons. The first-order valence-electron chi connectivity index (χ1n) is 8.81. The highest BCUT2D eigenvalue weighted by Gasteiger charge is 2.38. The molecule has 0 spiro atoms. The molecule has 2 amide bonds. The summed E-state index contributed by atoms with van der Waals surface area (Å²) in [5, 5.41) is 10.2. The molecule has 3 heterocycles. The summed E-state index contributed by atoms with van der Waals surface area (Å²) >= 11 is 0. The average molecular weight is 383 g/mol. The molecule has 0 saturated heterocycles. The molecule has 8 heteroatoms. The van der Waals surface area contributed by atoms with Crippen molar-refractivity contribution in [3.8, 4) is 22.5 Å². The van der Waals surface area contributed by atoms with Gasteiger partial charge >= 0.3 is 0 Å². The van der Waals surface area contributed by atoms with E-state index in [4.69, 9.17) is 0 Å². The smallest absolute Gasteiger partial charge is 0.272 e. The van der Waals surface area contributed by atoms with Crippen LogP contribution in [0.4, 0.5) is 5.69 Å². The summed E-state index contributed by atoms with van der Waals surface area (Å²) in [7, 11) is 0. The van der Waals surface area contributed by atoms with E-state index in [2.05, 4.69) is 20.4 Å². The highest BCUT2D eigenvalue weighted by molar-refractivity contribution is 6.34. The molecule has 0 aliphatic carbocycles. The number of aromatic nitrogens is 4. The van der Waals surface area contributed by atoms with E-state index in [1.54, 1.807) is 24.3 Å². The second-order valence-corrected chi connectivity index (χ2v) is 6.51. The van der Waals surface area contributed by atoms with Crippen LogP contribution in [-0.4, -0.2) is 32.2 Å². The fourth-order valence-electron chi connectivity index (χ4n) is 3.39. The quantitative estimate of drug-likeness (QED) is 0.528. The highest BCUT2D eigenvalue weighted by Crippen LogP contribution is 2.30. The lowest BCUT2D eigenvalue weighted by atomic mass is 10.0. The van der Waals surface area contributed by atoms with Gasteiger partial charge in [0.2, 0.25) is 0 Å². The third-order valence-corrected chi connectivity index (χ3v) is 4.81. The Balaban J connectivity index is 1.54. The van der Waals surface area contributed by atoms with E-state index in [1.165, 1.54) is 12.3 Å². The van der Waals surface area contributed by atoms with E-state index in [0.29, 0.717) is 17.0 Å². The second-order valence-electron chi connectivity index (χ2n) is 6.51. The fraction of sp³-hybridized carbons (Fsp3) is 0. The Morgan fingerprint density at radius 2 is 1.59 bits per heavy atom. The van der Waals surface area contributed by atoms with Crippen molar-refractivity contribution in [2.75, 3.05) is 4.90 Å². The molecule has 0 saturated carbocycles. The number of hydrogen-bond acceptors (Lipinski definition) is 5. The summed E-state index contributed by atoms with van der Waals surface area (Å²) in [5.74, 6) is -1.08. The van der Waals surface area contributed by atoms with Crippen LogP contribution in [-0.2, 0) is 0 Å². The van der Waals surface area contributed by atoms with Crippen LogP contribution in [0, 0.1) is 0 Å². The van der Waals surface area contributed by atoms with Gasteiger partial charge in [-0.15, -0.1) is 0 Å². The van der Waals surface area contributed by atoms with E-state index >= 15 is 0 Å². The zero-order chi connectivity index (χ0) is 20.0. The third kappa shape index (κ3) is 2.66. The summed E-state index contributed by atoms with van der Waals surface area (Å²) in [6.45, 7) is 0. The van der Waals surface area contributed by atoms with Gasteiger partial charge in [-0.3, -0.25) is 14.4 Å². The number of aromatic amines is 2. The van der Waals surface area contributed by atoms with E-state index in [0.717, 1.165) is 10.5 Å². The summed E-state index contributed by atoms with van der Waals surface area (Å²) in [6, 6.07) is 17.3. The number of hydrogen-bond donors (Lipinski definition) is 2. The molecule has 2 N–H and O–H groups in total. The van der Waals surface area contributed by atoms with Crippen LogP contribution in [0.5, 0.6) is 0 Å². The molecule has 0 bridgehead atoms. The van der Waals surface area contributed by atoms with Crippen LogP contribution in [0.15, 0.2) is 71.7 Å². The first kappa shape index (κ1) is 16.8. The molecule has 140 valence electrons. The normalized spacial score (nSPS) is 13.0. The highest BCUT2D eigenvalue weighted by atomic mass is 16.2. The molecule has 0 atom stereocenters. The Morgan fingerprint density at radius 3 is 2.31 bits per heavy atom. The van der Waals surface area contributed by atoms with Gasteiger partial charge in [-0.25, -0.2) is 4.90 Å². The molecule has 2 aromatic carbocycles. The molecule has 5 rings (SSSR count). The summed E-state index contributed by atoms with van der Waals surface area (Å²) in [6.07, 6.45) is 1.52. The molecule has 1 aliphatic heterocycles. The van der Waals surface area contributed by atoms with E-state index in [1.807, 2.05) is 30.3 Å². The monoisotopic (exact) mass is 383 g/mol. The van der Waals surface area contributed by atoms with Gasteiger partial charge in [-0.2, -0.15) is 15.4 Å². The molecular formula is C21H13N5O3. The number of imide groups is 1. The van der Waals surface area contributed by atoms with Crippen LogP contribution in [0.25, 0.3) is 22.5 Å². The van der Waals surface area contributed by atoms with Crippen molar-refractivity contribution < 1.29 is 9.59 Å². The van der Waals surface area contributed by atoms with Crippen LogP contribution in [0.3, 0.4) is 0 Å². The number of anilines is 1. The van der Waals surface area contributed by atoms with Crippen molar-refractivity contribution in [1.82, 2.24) is 20.4 Å². The van der Waals surface area contributed by atoms with Crippen LogP contribution in [0.1, 0.15) is 20.7 Å². The van der Waals surface area contributed by atoms with Crippen LogP contribution < -0.4 is 10.5 Å². The minimum Gasteiger partial charge on any atom is -0.320 e. The number of rotatable bonds is 3. The molecule has 1 aliphatic rings. The minimum atomic E-state index is -0.548. The first-order chi connectivity index (χ1) is 14.1. The van der Waals surface area contributed by atoms with Gasteiger partial charge in [0, 0.05) is 11.3 Å². The Labute approximate surface area is 163 Å². The molecule has 29 heavy (non-hydrogen) atoms. The number of amides is 2. The van der Waals surface area contributed by atoms with Gasteiger partial charge in [0.15, 0.2) is 0 Å². The maximum absolute atomic E-state index is 12.9. The predicted octanol–water partition coefficient (Wildman–Crippen LogP) is 2.63. The zero-order valence-electron chi connectivity index (χ0n) is 14.9. The van der Waals surface area contributed by atoms with Crippen molar-refractivity contribution >= 4 is 17.5 Å². The maximum Gasteiger partial charge on any atom is 0.272 e. The number of nitrogens with zero attached hydrogens (tertiary/aromatic N) is 3. The average Bonchev–Trinajstić information content (AvgIpc) is 3.37. The lowest BCUT2D eigenvalue weighted by Crippen LogP contribution is -2.34. The van der Waals surface area contributed by atoms with E-state index in [9.17, 15) is 14.4 Å². The third-order valence-electron chi connectivity index (χ3n) is 4.81. The van der Waals surface area contributed by atoms with Gasteiger partial charge < -0.3 is 4.98 Å². The number of carbonyl (C=O) groups excluding carboxylic acids is 2. The Bertz CT molecular complexity index is 1310. The number of benzene rings is 2. The molecule has 8 nitrogen and oxygen atoms in total. The number of fused-ring (bicyclic) bond motifs is 1. The number of H-pyrrole nitrogens is 2. The van der Waals surface area contributed by atoms with Crippen molar-refractivity contribution in [1.29, 1.82) is 0 Å². The number of carbonyl (C=O) groups is 2. The maximum atomic E-state index is 12.9. The van der Waals surface area contributed by atoms with E-state index in [-0.39, 0.29) is 16.8 Å². The lowest BCUT2D eigenvalue weighted by Gasteiger charge is -2.13. The standard InChI is InChI=1S/C21H13N5O3/c27-19-18(9-8-16(23-19)12-4-2-1-3-5-12)26-20(28)14-7-6-13(10-15(14)21(26)29)17-11-22-25-24-17/h1-11H,(H,23,27)(H,22,24,25). The lowest BCUT2D eigenvalue weighted by molar-refractivity contribution is 0.0925. The minimum absolute atomic E-state index is 0.0149. The Morgan fingerprint density at radius 1 is 0.793 bits per heavy atom. The molecule has 2 aromatic heterocycles. The van der Waals surface area contributed by atoms with Gasteiger partial charge in [0.1, 0.15) is 11.4 Å². The number of nitrogens with one attached hydrogen (secondary N) is 2. The van der Waals surface area contributed by atoms with Crippen molar-refractivity contribution in [2.24, 2.45) is 0 Å². The first-order valence-corrected chi connectivity index (χ1v) is 8.81. The topological polar surface area (TPSA) is 112 Å². The van der Waals surface area contributed by atoms with Gasteiger partial charge in [0.25, 0.3) is 17.4 Å². The van der Waals surface area contributed by atoms with Crippen molar-refractivity contribution in [3.05, 3.63) is 88.3 Å². The Hall–Kier alpha value is -4.33. The van der Waals surface area contributed by atoms with Gasteiger partial charge in [-0.05, 0) is 29.8 Å². The molecule has 0 unspecified atom stereocenters. The van der Waals surface area contributed by atoms with Crippen LogP contribution >= 0.6 is 0 Å². The van der Waals surface area contributed by atoms with E-state index < -0.39 is 17.4 Å². The van der Waals surface area contributed by atoms with Crippen molar-refractivity contribution in [3.63, 3.8) is 0 Å². The zero-order valence-corrected chi connectivity index (χ0v) is 14.9. The summed E-state index contributed by atoms with van der Waals surface area (Å²) < 4.78 is 0. The molecule has 4 aromatic rings. The fourth-order valence-corrected chi connectivity index (χ4v) is 3.39. The predicted molar refractivity (Wildman–Crippen MR) is 105 cm³/mol. The number of pyridine rings is 1. The van der Waals surface area contributed by atoms with Gasteiger partial charge in [0.05, 0.1) is 17.3 Å². The largest absolute Gasteiger partial charge is 0.320 e. The summed E-state index contributed by atoms with van der Waals surface area (Å²) in [4.78, 5) is 42.1. The molecule has 0 fully saturated rings. The second kappa shape index (κ2) is 6.38. The summed E-state index contributed by atoms with van der Waals surface area (Å²) in [5.41, 5.74) is 2.57. The Kier molecular flexibility index (Phi) is 3.70.